The van der Waals surface area contributed by atoms with Gasteiger partial charge in [-0.3, -0.25) is 10.6 Å². The zero-order valence-electron chi connectivity index (χ0n) is 10.9. The first kappa shape index (κ1) is 12.9. The second kappa shape index (κ2) is 5.87. The van der Waals surface area contributed by atoms with Gasteiger partial charge in [0.05, 0.1) is 11.3 Å². The van der Waals surface area contributed by atoms with Gasteiger partial charge in [0.15, 0.2) is 0 Å². The number of carbonyl (C=O) groups excluding carboxylic acids is 1. The van der Waals surface area contributed by atoms with E-state index in [0.717, 1.165) is 19.4 Å². The molecule has 2 rings (SSSR count). The van der Waals surface area contributed by atoms with Crippen LogP contribution >= 0.6 is 0 Å². The Bertz CT molecular complexity index is 419. The highest BCUT2D eigenvalue weighted by Gasteiger charge is 2.24. The van der Waals surface area contributed by atoms with Crippen LogP contribution < -0.4 is 11.3 Å². The molecule has 0 aromatic heterocycles. The summed E-state index contributed by atoms with van der Waals surface area (Å²) in [6.45, 7) is 2.97. The first-order chi connectivity index (χ1) is 8.74. The van der Waals surface area contributed by atoms with E-state index in [0.29, 0.717) is 17.3 Å². The van der Waals surface area contributed by atoms with Gasteiger partial charge in [-0.25, -0.2) is 0 Å². The number of benzene rings is 1. The van der Waals surface area contributed by atoms with Crippen LogP contribution in [-0.4, -0.2) is 23.4 Å². The summed E-state index contributed by atoms with van der Waals surface area (Å²) in [5.41, 5.74) is 3.95. The predicted octanol–water partition coefficient (Wildman–Crippen LogP) is 2.38. The van der Waals surface area contributed by atoms with E-state index in [1.54, 1.807) is 0 Å². The number of hydrazine groups is 1. The molecule has 98 valence electrons. The molecule has 1 unspecified atom stereocenters. The van der Waals surface area contributed by atoms with Crippen molar-refractivity contribution in [3.8, 4) is 0 Å². The first-order valence-corrected chi connectivity index (χ1v) is 6.60. The van der Waals surface area contributed by atoms with Gasteiger partial charge in [-0.05, 0) is 31.9 Å². The summed E-state index contributed by atoms with van der Waals surface area (Å²) >= 11 is 0. The first-order valence-electron chi connectivity index (χ1n) is 6.60. The number of carbonyl (C=O) groups is 1. The fourth-order valence-corrected chi connectivity index (χ4v) is 2.53. The smallest absolute Gasteiger partial charge is 0.256 e. The predicted molar refractivity (Wildman–Crippen MR) is 73.2 cm³/mol. The molecule has 1 heterocycles. The summed E-state index contributed by atoms with van der Waals surface area (Å²) in [6.07, 6.45) is 4.60. The molecule has 0 saturated carbocycles. The molecule has 4 nitrogen and oxygen atoms in total. The Morgan fingerprint density at radius 2 is 2.11 bits per heavy atom. The van der Waals surface area contributed by atoms with Gasteiger partial charge in [0.2, 0.25) is 0 Å². The van der Waals surface area contributed by atoms with Gasteiger partial charge in [-0.1, -0.05) is 25.0 Å². The normalized spacial score (nSPS) is 20.3. The Balaban J connectivity index is 2.23. The average Bonchev–Trinajstić information content (AvgIpc) is 2.62. The van der Waals surface area contributed by atoms with Crippen molar-refractivity contribution in [1.29, 1.82) is 0 Å². The van der Waals surface area contributed by atoms with Gasteiger partial charge in [-0.15, -0.1) is 0 Å². The zero-order valence-corrected chi connectivity index (χ0v) is 10.9. The molecule has 1 aliphatic rings. The van der Waals surface area contributed by atoms with E-state index in [-0.39, 0.29) is 5.91 Å². The Morgan fingerprint density at radius 1 is 1.33 bits per heavy atom. The molecule has 1 amide bonds. The molecule has 1 aromatic carbocycles. The monoisotopic (exact) mass is 247 g/mol. The molecule has 0 aliphatic carbocycles. The minimum atomic E-state index is 0.0814. The van der Waals surface area contributed by atoms with Crippen LogP contribution in [0.25, 0.3) is 0 Å². The maximum Gasteiger partial charge on any atom is 0.256 e. The van der Waals surface area contributed by atoms with Crippen LogP contribution in [0.15, 0.2) is 24.3 Å². The van der Waals surface area contributed by atoms with E-state index in [9.17, 15) is 4.79 Å². The van der Waals surface area contributed by atoms with Gasteiger partial charge in [0, 0.05) is 12.6 Å². The third-order valence-corrected chi connectivity index (χ3v) is 3.63. The third-order valence-electron chi connectivity index (χ3n) is 3.63. The van der Waals surface area contributed by atoms with Crippen molar-refractivity contribution in [3.63, 3.8) is 0 Å². The van der Waals surface area contributed by atoms with Crippen molar-refractivity contribution in [2.45, 2.75) is 38.6 Å². The van der Waals surface area contributed by atoms with Crippen molar-refractivity contribution in [3.05, 3.63) is 29.8 Å². The van der Waals surface area contributed by atoms with Gasteiger partial charge < -0.3 is 10.3 Å². The van der Waals surface area contributed by atoms with E-state index >= 15 is 0 Å². The minimum Gasteiger partial charge on any atom is -0.336 e. The van der Waals surface area contributed by atoms with Crippen LogP contribution in [0.4, 0.5) is 5.69 Å². The number of nitrogens with two attached hydrogens (primary N) is 1. The molecule has 1 atom stereocenters. The molecule has 1 fully saturated rings. The molecular weight excluding hydrogens is 226 g/mol. The number of nitrogens with zero attached hydrogens (tertiary/aromatic N) is 1. The van der Waals surface area contributed by atoms with E-state index < -0.39 is 0 Å². The van der Waals surface area contributed by atoms with Crippen molar-refractivity contribution in [2.75, 3.05) is 12.0 Å². The number of anilines is 1. The van der Waals surface area contributed by atoms with Gasteiger partial charge >= 0.3 is 0 Å². The highest BCUT2D eigenvalue weighted by Crippen LogP contribution is 2.22. The van der Waals surface area contributed by atoms with Crippen molar-refractivity contribution in [1.82, 2.24) is 4.90 Å². The highest BCUT2D eigenvalue weighted by atomic mass is 16.2. The molecule has 18 heavy (non-hydrogen) atoms. The molecule has 3 N–H and O–H groups in total. The Labute approximate surface area is 108 Å². The molecule has 0 radical (unpaired) electrons. The van der Waals surface area contributed by atoms with Gasteiger partial charge in [0.25, 0.3) is 5.91 Å². The second-order valence-corrected chi connectivity index (χ2v) is 4.89. The van der Waals surface area contributed by atoms with Crippen LogP contribution in [0.1, 0.15) is 43.0 Å². The fraction of sp³-hybridized carbons (Fsp3) is 0.500. The highest BCUT2D eigenvalue weighted by molar-refractivity contribution is 5.99. The maximum atomic E-state index is 12.6. The Morgan fingerprint density at radius 3 is 2.89 bits per heavy atom. The molecule has 1 aromatic rings. The summed E-state index contributed by atoms with van der Waals surface area (Å²) in [4.78, 5) is 14.5. The molecular formula is C14H21N3O. The maximum absolute atomic E-state index is 12.6. The van der Waals surface area contributed by atoms with E-state index in [2.05, 4.69) is 12.3 Å². The fourth-order valence-electron chi connectivity index (χ4n) is 2.53. The average molecular weight is 247 g/mol. The van der Waals surface area contributed by atoms with E-state index in [1.165, 1.54) is 12.8 Å². The van der Waals surface area contributed by atoms with Gasteiger partial charge in [0.1, 0.15) is 0 Å². The van der Waals surface area contributed by atoms with Crippen molar-refractivity contribution in [2.24, 2.45) is 5.84 Å². The van der Waals surface area contributed by atoms with Crippen molar-refractivity contribution >= 4 is 11.6 Å². The molecule has 0 spiro atoms. The Hall–Kier alpha value is -1.55. The molecule has 4 heteroatoms. The van der Waals surface area contributed by atoms with Crippen LogP contribution in [0.3, 0.4) is 0 Å². The quantitative estimate of drug-likeness (QED) is 0.623. The number of para-hydroxylation sites is 1. The topological polar surface area (TPSA) is 58.4 Å². The summed E-state index contributed by atoms with van der Waals surface area (Å²) in [7, 11) is 0. The summed E-state index contributed by atoms with van der Waals surface area (Å²) in [5, 5.41) is 0. The standard InChI is InChI=1S/C14H21N3O/c1-11-7-3-2-6-10-17(11)14(18)12-8-4-5-9-13(12)16-15/h4-5,8-9,11,16H,2-3,6-7,10,15H2,1H3. The number of hydrogen-bond donors (Lipinski definition) is 2. The number of amides is 1. The van der Waals surface area contributed by atoms with Crippen LogP contribution in [0.2, 0.25) is 0 Å². The SMILES string of the molecule is CC1CCCCCN1C(=O)c1ccccc1NN. The second-order valence-electron chi connectivity index (χ2n) is 4.89. The molecule has 1 saturated heterocycles. The van der Waals surface area contributed by atoms with Gasteiger partial charge in [-0.2, -0.15) is 0 Å². The Kier molecular flexibility index (Phi) is 4.20. The summed E-state index contributed by atoms with van der Waals surface area (Å²) in [6, 6.07) is 7.71. The summed E-state index contributed by atoms with van der Waals surface area (Å²) < 4.78 is 0. The minimum absolute atomic E-state index is 0.0814. The summed E-state index contributed by atoms with van der Waals surface area (Å²) in [5.74, 6) is 5.54. The third kappa shape index (κ3) is 2.64. The lowest BCUT2D eigenvalue weighted by Crippen LogP contribution is -2.38. The van der Waals surface area contributed by atoms with Crippen molar-refractivity contribution < 1.29 is 4.79 Å². The van der Waals surface area contributed by atoms with E-state index in [4.69, 9.17) is 5.84 Å². The van der Waals surface area contributed by atoms with Crippen LogP contribution in [0, 0.1) is 0 Å². The lowest BCUT2D eigenvalue weighted by Gasteiger charge is -2.28. The largest absolute Gasteiger partial charge is 0.336 e. The number of rotatable bonds is 2. The lowest BCUT2D eigenvalue weighted by molar-refractivity contribution is 0.0699. The number of likely N-dealkylation sites (tertiary alicyclic amines) is 1. The molecule has 0 bridgehead atoms. The number of nitrogens with one attached hydrogen (secondary N) is 1. The lowest BCUT2D eigenvalue weighted by atomic mass is 10.1. The number of hydrogen-bond acceptors (Lipinski definition) is 3. The molecule has 1 aliphatic heterocycles. The van der Waals surface area contributed by atoms with E-state index in [1.807, 2.05) is 29.2 Å². The van der Waals surface area contributed by atoms with Crippen LogP contribution in [-0.2, 0) is 0 Å². The van der Waals surface area contributed by atoms with Crippen LogP contribution in [0.5, 0.6) is 0 Å². The zero-order chi connectivity index (χ0) is 13.0. The number of nitrogen functional groups attached to an aromatic ring is 1.